The molecule has 6 heteroatoms. The second-order valence-corrected chi connectivity index (χ2v) is 4.27. The summed E-state index contributed by atoms with van der Waals surface area (Å²) in [5.74, 6) is 0.860. The van der Waals surface area contributed by atoms with Crippen LogP contribution in [0.1, 0.15) is 18.2 Å². The molecule has 0 fully saturated rings. The lowest BCUT2D eigenvalue weighted by atomic mass is 10.1. The van der Waals surface area contributed by atoms with E-state index in [4.69, 9.17) is 27.5 Å². The van der Waals surface area contributed by atoms with Gasteiger partial charge in [-0.1, -0.05) is 18.5 Å². The third kappa shape index (κ3) is 3.20. The van der Waals surface area contributed by atoms with E-state index >= 15 is 0 Å². The van der Waals surface area contributed by atoms with Gasteiger partial charge in [-0.05, 0) is 30.2 Å². The summed E-state index contributed by atoms with van der Waals surface area (Å²) in [6.45, 7) is 2.02. The third-order valence-electron chi connectivity index (χ3n) is 2.52. The summed E-state index contributed by atoms with van der Waals surface area (Å²) in [4.78, 5) is 8.01. The Morgan fingerprint density at radius 3 is 2.74 bits per heavy atom. The van der Waals surface area contributed by atoms with Gasteiger partial charge >= 0.3 is 0 Å². The molecule has 0 bridgehead atoms. The number of nitrogens with zero attached hydrogens (tertiary/aromatic N) is 2. The maximum Gasteiger partial charge on any atom is 0.237 e. The van der Waals surface area contributed by atoms with Gasteiger partial charge in [0.1, 0.15) is 17.3 Å². The monoisotopic (exact) mass is 276 g/mol. The highest BCUT2D eigenvalue weighted by molar-refractivity contribution is 6.31. The zero-order chi connectivity index (χ0) is 13.8. The van der Waals surface area contributed by atoms with Crippen LogP contribution in [-0.2, 0) is 6.42 Å². The molecule has 0 atom stereocenters. The zero-order valence-electron chi connectivity index (χ0n) is 10.4. The second kappa shape index (κ2) is 5.67. The summed E-state index contributed by atoms with van der Waals surface area (Å²) in [7, 11) is 0. The van der Waals surface area contributed by atoms with Crippen molar-refractivity contribution in [2.45, 2.75) is 13.3 Å². The average molecular weight is 277 g/mol. The topological polar surface area (TPSA) is 84.9 Å². The van der Waals surface area contributed by atoms with Crippen molar-refractivity contribution in [1.82, 2.24) is 9.97 Å². The van der Waals surface area contributed by atoms with Crippen LogP contribution in [0.5, 0.6) is 11.6 Å². The smallest absolute Gasteiger partial charge is 0.237 e. The predicted octanol–water partition coefficient (Wildman–Crippen LogP) is 2.77. The zero-order valence-corrected chi connectivity index (χ0v) is 11.1. The van der Waals surface area contributed by atoms with Crippen molar-refractivity contribution in [3.8, 4) is 11.6 Å². The van der Waals surface area contributed by atoms with Gasteiger partial charge in [-0.2, -0.15) is 0 Å². The number of nitrogens with one attached hydrogen (secondary N) is 1. The molecule has 19 heavy (non-hydrogen) atoms. The lowest BCUT2D eigenvalue weighted by molar-refractivity contribution is 0.459. The molecule has 0 amide bonds. The van der Waals surface area contributed by atoms with Crippen LogP contribution in [0.2, 0.25) is 5.02 Å². The first-order valence-electron chi connectivity index (χ1n) is 5.73. The minimum Gasteiger partial charge on any atom is -0.437 e. The molecule has 98 valence electrons. The molecule has 0 unspecified atom stereocenters. The molecule has 0 saturated heterocycles. The van der Waals surface area contributed by atoms with Crippen LogP contribution in [-0.4, -0.2) is 15.8 Å². The normalized spacial score (nSPS) is 10.2. The number of ether oxygens (including phenoxy) is 1. The van der Waals surface area contributed by atoms with E-state index in [9.17, 15) is 0 Å². The largest absolute Gasteiger partial charge is 0.437 e. The number of nitrogens with two attached hydrogens (primary N) is 1. The number of aryl methyl sites for hydroxylation is 1. The lowest BCUT2D eigenvalue weighted by Gasteiger charge is -2.07. The van der Waals surface area contributed by atoms with Gasteiger partial charge in [0.05, 0.1) is 12.4 Å². The molecular formula is C13H13ClN4O. The molecule has 5 nitrogen and oxygen atoms in total. The van der Waals surface area contributed by atoms with Crippen LogP contribution in [0.25, 0.3) is 0 Å². The van der Waals surface area contributed by atoms with Gasteiger partial charge in [-0.15, -0.1) is 0 Å². The summed E-state index contributed by atoms with van der Waals surface area (Å²) in [5, 5.41) is 7.94. The molecule has 0 spiro atoms. The number of aromatic nitrogens is 2. The number of amidine groups is 1. The molecular weight excluding hydrogens is 264 g/mol. The van der Waals surface area contributed by atoms with Crippen molar-refractivity contribution >= 4 is 17.4 Å². The van der Waals surface area contributed by atoms with E-state index in [0.29, 0.717) is 22.3 Å². The number of rotatable bonds is 4. The SMILES string of the molecule is CCc1cc(Oc2cnc(C(=N)N)cn2)ccc1Cl. The van der Waals surface area contributed by atoms with Crippen LogP contribution < -0.4 is 10.5 Å². The summed E-state index contributed by atoms with van der Waals surface area (Å²) in [6, 6.07) is 5.41. The van der Waals surface area contributed by atoms with Gasteiger partial charge in [0.25, 0.3) is 0 Å². The minimum atomic E-state index is -0.126. The average Bonchev–Trinajstić information content (AvgIpc) is 2.41. The summed E-state index contributed by atoms with van der Waals surface area (Å²) >= 11 is 6.03. The standard InChI is InChI=1S/C13H13ClN4O/c1-2-8-5-9(3-4-10(8)14)19-12-7-17-11(6-18-12)13(15)16/h3-7H,2H2,1H3,(H3,15,16). The van der Waals surface area contributed by atoms with Crippen molar-refractivity contribution in [2.75, 3.05) is 0 Å². The number of halogens is 1. The van der Waals surface area contributed by atoms with Crippen molar-refractivity contribution in [3.05, 3.63) is 46.9 Å². The van der Waals surface area contributed by atoms with Crippen LogP contribution in [0.3, 0.4) is 0 Å². The fraction of sp³-hybridized carbons (Fsp3) is 0.154. The number of hydrogen-bond acceptors (Lipinski definition) is 4. The Bertz CT molecular complexity index is 598. The van der Waals surface area contributed by atoms with E-state index in [1.807, 2.05) is 13.0 Å². The number of nitrogen functional groups attached to an aromatic ring is 1. The van der Waals surface area contributed by atoms with E-state index < -0.39 is 0 Å². The van der Waals surface area contributed by atoms with Crippen molar-refractivity contribution in [3.63, 3.8) is 0 Å². The molecule has 0 saturated carbocycles. The highest BCUT2D eigenvalue weighted by atomic mass is 35.5. The van der Waals surface area contributed by atoms with E-state index in [1.54, 1.807) is 12.1 Å². The molecule has 0 aliphatic rings. The quantitative estimate of drug-likeness (QED) is 0.664. The van der Waals surface area contributed by atoms with Crippen LogP contribution in [0.15, 0.2) is 30.6 Å². The van der Waals surface area contributed by atoms with Crippen LogP contribution in [0, 0.1) is 5.41 Å². The van der Waals surface area contributed by atoms with Gasteiger partial charge in [-0.3, -0.25) is 5.41 Å². The molecule has 0 radical (unpaired) electrons. The van der Waals surface area contributed by atoms with E-state index in [0.717, 1.165) is 12.0 Å². The second-order valence-electron chi connectivity index (χ2n) is 3.86. The summed E-state index contributed by atoms with van der Waals surface area (Å²) in [5.41, 5.74) is 6.62. The minimum absolute atomic E-state index is 0.126. The first-order chi connectivity index (χ1) is 9.10. The van der Waals surface area contributed by atoms with Crippen molar-refractivity contribution in [2.24, 2.45) is 5.73 Å². The van der Waals surface area contributed by atoms with Crippen LogP contribution >= 0.6 is 11.6 Å². The molecule has 1 aromatic carbocycles. The fourth-order valence-corrected chi connectivity index (χ4v) is 1.77. The predicted molar refractivity (Wildman–Crippen MR) is 74.0 cm³/mol. The Labute approximate surface area is 115 Å². The molecule has 1 heterocycles. The highest BCUT2D eigenvalue weighted by Gasteiger charge is 2.05. The molecule has 0 aliphatic heterocycles. The lowest BCUT2D eigenvalue weighted by Crippen LogP contribution is -2.13. The van der Waals surface area contributed by atoms with Gasteiger partial charge in [-0.25, -0.2) is 9.97 Å². The maximum atomic E-state index is 7.22. The Morgan fingerprint density at radius 2 is 2.16 bits per heavy atom. The third-order valence-corrected chi connectivity index (χ3v) is 2.89. The fourth-order valence-electron chi connectivity index (χ4n) is 1.51. The van der Waals surface area contributed by atoms with Gasteiger partial charge in [0, 0.05) is 5.02 Å². The van der Waals surface area contributed by atoms with Gasteiger partial charge in [0.15, 0.2) is 0 Å². The van der Waals surface area contributed by atoms with E-state index in [2.05, 4.69) is 9.97 Å². The van der Waals surface area contributed by atoms with Crippen molar-refractivity contribution < 1.29 is 4.74 Å². The molecule has 1 aromatic heterocycles. The molecule has 0 aliphatic carbocycles. The molecule has 3 N–H and O–H groups in total. The molecule has 2 aromatic rings. The number of benzene rings is 1. The maximum absolute atomic E-state index is 7.22. The van der Waals surface area contributed by atoms with Gasteiger partial charge < -0.3 is 10.5 Å². The van der Waals surface area contributed by atoms with Crippen LogP contribution in [0.4, 0.5) is 0 Å². The first-order valence-corrected chi connectivity index (χ1v) is 6.10. The van der Waals surface area contributed by atoms with E-state index in [-0.39, 0.29) is 5.84 Å². The van der Waals surface area contributed by atoms with E-state index in [1.165, 1.54) is 12.4 Å². The Morgan fingerprint density at radius 1 is 1.37 bits per heavy atom. The summed E-state index contributed by atoms with van der Waals surface area (Å²) in [6.07, 6.45) is 3.65. The Hall–Kier alpha value is -2.14. The Balaban J connectivity index is 2.19. The first kappa shape index (κ1) is 13.3. The van der Waals surface area contributed by atoms with Crippen molar-refractivity contribution in [1.29, 1.82) is 5.41 Å². The summed E-state index contributed by atoms with van der Waals surface area (Å²) < 4.78 is 5.57. The number of hydrogen-bond donors (Lipinski definition) is 2. The Kier molecular flexibility index (Phi) is 3.97. The highest BCUT2D eigenvalue weighted by Crippen LogP contribution is 2.25. The molecule has 2 rings (SSSR count). The van der Waals surface area contributed by atoms with Gasteiger partial charge in [0.2, 0.25) is 5.88 Å².